The number of hydrogen-bond donors (Lipinski definition) is 1. The number of aromatic nitrogens is 2. The van der Waals surface area contributed by atoms with Gasteiger partial charge in [-0.05, 0) is 6.42 Å². The molecule has 0 radical (unpaired) electrons. The minimum absolute atomic E-state index is 0.107. The van der Waals surface area contributed by atoms with E-state index < -0.39 is 0 Å². The molecular formula is C11H14N6. The van der Waals surface area contributed by atoms with Crippen LogP contribution in [0.2, 0.25) is 0 Å². The van der Waals surface area contributed by atoms with Gasteiger partial charge >= 0.3 is 0 Å². The maximum atomic E-state index is 8.69. The summed E-state index contributed by atoms with van der Waals surface area (Å²) in [5, 5.41) is 17.4. The average molecular weight is 230 g/mol. The van der Waals surface area contributed by atoms with E-state index in [4.69, 9.17) is 16.3 Å². The number of rotatable bonds is 5. The lowest BCUT2D eigenvalue weighted by Gasteiger charge is -2.17. The van der Waals surface area contributed by atoms with Gasteiger partial charge in [0.1, 0.15) is 30.5 Å². The van der Waals surface area contributed by atoms with Gasteiger partial charge in [-0.15, -0.1) is 0 Å². The van der Waals surface area contributed by atoms with E-state index in [-0.39, 0.29) is 13.1 Å². The Kier molecular flexibility index (Phi) is 4.71. The van der Waals surface area contributed by atoms with Crippen molar-refractivity contribution >= 4 is 11.6 Å². The fourth-order valence-electron chi connectivity index (χ4n) is 1.39. The highest BCUT2D eigenvalue weighted by atomic mass is 15.2. The first-order valence-corrected chi connectivity index (χ1v) is 5.33. The molecule has 17 heavy (non-hydrogen) atoms. The van der Waals surface area contributed by atoms with Crippen LogP contribution in [0.3, 0.4) is 0 Å². The van der Waals surface area contributed by atoms with Gasteiger partial charge in [0.05, 0.1) is 12.1 Å². The molecule has 0 aromatic carbocycles. The maximum Gasteiger partial charge on any atom is 0.136 e. The Morgan fingerprint density at radius 2 is 1.94 bits per heavy atom. The summed E-state index contributed by atoms with van der Waals surface area (Å²) in [5.74, 6) is 1.53. The summed E-state index contributed by atoms with van der Waals surface area (Å²) in [6.45, 7) is 2.24. The Balaban J connectivity index is 3.02. The van der Waals surface area contributed by atoms with Gasteiger partial charge in [-0.2, -0.15) is 10.5 Å². The minimum Gasteiger partial charge on any atom is -0.384 e. The topological polar surface area (TPSA) is 103 Å². The molecule has 6 heteroatoms. The van der Waals surface area contributed by atoms with E-state index >= 15 is 0 Å². The Morgan fingerprint density at radius 3 is 2.47 bits per heavy atom. The zero-order valence-electron chi connectivity index (χ0n) is 9.72. The van der Waals surface area contributed by atoms with E-state index in [0.717, 1.165) is 12.8 Å². The van der Waals surface area contributed by atoms with E-state index in [9.17, 15) is 0 Å². The first kappa shape index (κ1) is 12.7. The molecule has 0 aliphatic rings. The molecule has 1 aromatic rings. The molecule has 0 unspecified atom stereocenters. The predicted molar refractivity (Wildman–Crippen MR) is 63.9 cm³/mol. The van der Waals surface area contributed by atoms with Gasteiger partial charge < -0.3 is 10.6 Å². The van der Waals surface area contributed by atoms with Crippen molar-refractivity contribution in [3.8, 4) is 12.1 Å². The van der Waals surface area contributed by atoms with E-state index in [2.05, 4.69) is 9.97 Å². The number of aryl methyl sites for hydroxylation is 1. The Bertz CT molecular complexity index is 440. The third kappa shape index (κ3) is 3.62. The van der Waals surface area contributed by atoms with Crippen molar-refractivity contribution in [3.63, 3.8) is 0 Å². The number of nitrogens with zero attached hydrogens (tertiary/aromatic N) is 5. The fourth-order valence-corrected chi connectivity index (χ4v) is 1.39. The molecule has 2 N–H and O–H groups in total. The van der Waals surface area contributed by atoms with Crippen LogP contribution >= 0.6 is 0 Å². The monoisotopic (exact) mass is 230 g/mol. The minimum atomic E-state index is 0.107. The van der Waals surface area contributed by atoms with E-state index in [0.29, 0.717) is 17.5 Å². The van der Waals surface area contributed by atoms with Gasteiger partial charge in [0.25, 0.3) is 0 Å². The normalized spacial score (nSPS) is 9.35. The maximum absolute atomic E-state index is 8.69. The van der Waals surface area contributed by atoms with Crippen LogP contribution in [0.1, 0.15) is 19.2 Å². The van der Waals surface area contributed by atoms with Crippen LogP contribution < -0.4 is 10.6 Å². The number of nitriles is 2. The van der Waals surface area contributed by atoms with Crippen LogP contribution in [-0.4, -0.2) is 23.1 Å². The second kappa shape index (κ2) is 6.29. The molecule has 0 saturated heterocycles. The summed E-state index contributed by atoms with van der Waals surface area (Å²) in [7, 11) is 0. The van der Waals surface area contributed by atoms with Crippen LogP contribution in [0.5, 0.6) is 0 Å². The smallest absolute Gasteiger partial charge is 0.136 e. The average Bonchev–Trinajstić information content (AvgIpc) is 2.28. The van der Waals surface area contributed by atoms with Crippen molar-refractivity contribution in [1.82, 2.24) is 9.97 Å². The molecule has 0 aliphatic heterocycles. The van der Waals surface area contributed by atoms with Crippen LogP contribution in [0.4, 0.5) is 11.6 Å². The third-order valence-electron chi connectivity index (χ3n) is 2.10. The van der Waals surface area contributed by atoms with Gasteiger partial charge in [0.2, 0.25) is 0 Å². The highest BCUT2D eigenvalue weighted by Crippen LogP contribution is 2.14. The number of nitrogen functional groups attached to an aromatic ring is 1. The second-order valence-electron chi connectivity index (χ2n) is 3.49. The highest BCUT2D eigenvalue weighted by Gasteiger charge is 2.09. The quantitative estimate of drug-likeness (QED) is 0.752. The number of anilines is 2. The van der Waals surface area contributed by atoms with Crippen molar-refractivity contribution in [2.24, 2.45) is 0 Å². The van der Waals surface area contributed by atoms with E-state index in [1.165, 1.54) is 0 Å². The van der Waals surface area contributed by atoms with Crippen LogP contribution in [0.25, 0.3) is 0 Å². The summed E-state index contributed by atoms with van der Waals surface area (Å²) in [4.78, 5) is 9.96. The molecule has 6 nitrogen and oxygen atoms in total. The molecule has 0 fully saturated rings. The van der Waals surface area contributed by atoms with Crippen molar-refractivity contribution in [1.29, 1.82) is 10.5 Å². The lowest BCUT2D eigenvalue weighted by atomic mass is 10.3. The number of nitrogens with two attached hydrogens (primary N) is 1. The van der Waals surface area contributed by atoms with Gasteiger partial charge in [0, 0.05) is 12.5 Å². The SMILES string of the molecule is CCCc1nc(N)cc(N(CC#N)CC#N)n1. The van der Waals surface area contributed by atoms with Crippen molar-refractivity contribution in [2.45, 2.75) is 19.8 Å². The van der Waals surface area contributed by atoms with Crippen molar-refractivity contribution < 1.29 is 0 Å². The summed E-state index contributed by atoms with van der Waals surface area (Å²) < 4.78 is 0. The largest absolute Gasteiger partial charge is 0.384 e. The second-order valence-corrected chi connectivity index (χ2v) is 3.49. The van der Waals surface area contributed by atoms with Gasteiger partial charge in [-0.1, -0.05) is 6.92 Å². The third-order valence-corrected chi connectivity index (χ3v) is 2.10. The standard InChI is InChI=1S/C11H14N6/c1-2-3-10-15-9(14)8-11(16-10)17(6-4-12)7-5-13/h8H,2-3,6-7H2,1H3,(H2,14,15,16). The molecule has 1 rings (SSSR count). The van der Waals surface area contributed by atoms with Crippen LogP contribution in [0.15, 0.2) is 6.07 Å². The molecule has 1 aromatic heterocycles. The van der Waals surface area contributed by atoms with Crippen LogP contribution in [0, 0.1) is 22.7 Å². The lowest BCUT2D eigenvalue weighted by Crippen LogP contribution is -2.25. The molecule has 1 heterocycles. The Hall–Kier alpha value is -2.34. The molecule has 0 spiro atoms. The molecule has 0 atom stereocenters. The molecular weight excluding hydrogens is 216 g/mol. The molecule has 0 saturated carbocycles. The zero-order valence-corrected chi connectivity index (χ0v) is 9.72. The zero-order chi connectivity index (χ0) is 12.7. The number of hydrogen-bond acceptors (Lipinski definition) is 6. The fraction of sp³-hybridized carbons (Fsp3) is 0.455. The van der Waals surface area contributed by atoms with Crippen LogP contribution in [-0.2, 0) is 6.42 Å². The summed E-state index contributed by atoms with van der Waals surface area (Å²) in [5.41, 5.74) is 5.68. The highest BCUT2D eigenvalue weighted by molar-refractivity contribution is 5.48. The van der Waals surface area contributed by atoms with E-state index in [1.807, 2.05) is 19.1 Å². The molecule has 88 valence electrons. The van der Waals surface area contributed by atoms with Crippen molar-refractivity contribution in [3.05, 3.63) is 11.9 Å². The first-order valence-electron chi connectivity index (χ1n) is 5.33. The molecule has 0 amide bonds. The van der Waals surface area contributed by atoms with E-state index in [1.54, 1.807) is 11.0 Å². The first-order chi connectivity index (χ1) is 8.21. The van der Waals surface area contributed by atoms with Gasteiger partial charge in [-0.25, -0.2) is 9.97 Å². The molecule has 0 aliphatic carbocycles. The lowest BCUT2D eigenvalue weighted by molar-refractivity contribution is 0.821. The Labute approximate surface area is 100 Å². The van der Waals surface area contributed by atoms with Gasteiger partial charge in [-0.3, -0.25) is 0 Å². The molecule has 0 bridgehead atoms. The Morgan fingerprint density at radius 1 is 1.29 bits per heavy atom. The van der Waals surface area contributed by atoms with Crippen molar-refractivity contribution in [2.75, 3.05) is 23.7 Å². The summed E-state index contributed by atoms with van der Waals surface area (Å²) >= 11 is 0. The van der Waals surface area contributed by atoms with Gasteiger partial charge in [0.15, 0.2) is 0 Å². The summed E-state index contributed by atoms with van der Waals surface area (Å²) in [6, 6.07) is 5.57. The predicted octanol–water partition coefficient (Wildman–Crippen LogP) is 0.865. The summed E-state index contributed by atoms with van der Waals surface area (Å²) in [6.07, 6.45) is 1.64.